The van der Waals surface area contributed by atoms with Crippen LogP contribution in [0.15, 0.2) is 65.1 Å². The Morgan fingerprint density at radius 3 is 2.82 bits per heavy atom. The van der Waals surface area contributed by atoms with Crippen molar-refractivity contribution in [3.8, 4) is 11.5 Å². The molecule has 2 aliphatic heterocycles. The van der Waals surface area contributed by atoms with Gasteiger partial charge in [-0.15, -0.1) is 11.3 Å². The molecule has 0 unspecified atom stereocenters. The Bertz CT molecular complexity index is 1020. The van der Waals surface area contributed by atoms with Gasteiger partial charge in [0.2, 0.25) is 6.23 Å². The molecule has 0 amide bonds. The van der Waals surface area contributed by atoms with Crippen LogP contribution in [-0.2, 0) is 0 Å². The van der Waals surface area contributed by atoms with E-state index in [1.54, 1.807) is 11.3 Å². The maximum atomic E-state index is 6.38. The van der Waals surface area contributed by atoms with Crippen LogP contribution in [0.4, 0.5) is 0 Å². The second-order valence-electron chi connectivity index (χ2n) is 6.78. The maximum absolute atomic E-state index is 6.38. The monoisotopic (exact) mass is 410 g/mol. The molecule has 28 heavy (non-hydrogen) atoms. The molecule has 2 aromatic carbocycles. The number of nitrogens with zero attached hydrogens (tertiary/aromatic N) is 2. The highest BCUT2D eigenvalue weighted by Crippen LogP contribution is 2.48. The lowest BCUT2D eigenvalue weighted by Crippen LogP contribution is -2.33. The van der Waals surface area contributed by atoms with Crippen molar-refractivity contribution in [2.75, 3.05) is 6.61 Å². The Labute approximate surface area is 173 Å². The first-order chi connectivity index (χ1) is 13.7. The minimum Gasteiger partial charge on any atom is -0.494 e. The Kier molecular flexibility index (Phi) is 4.49. The van der Waals surface area contributed by atoms with E-state index >= 15 is 0 Å². The smallest absolute Gasteiger partial charge is 0.213 e. The van der Waals surface area contributed by atoms with E-state index in [0.717, 1.165) is 34.8 Å². The Balaban J connectivity index is 1.55. The Morgan fingerprint density at radius 2 is 2.07 bits per heavy atom. The van der Waals surface area contributed by atoms with Crippen LogP contribution in [0.1, 0.15) is 41.6 Å². The fourth-order valence-corrected chi connectivity index (χ4v) is 4.67. The first-order valence-electron chi connectivity index (χ1n) is 9.31. The molecule has 0 N–H and O–H groups in total. The van der Waals surface area contributed by atoms with Gasteiger partial charge in [0, 0.05) is 22.6 Å². The zero-order valence-electron chi connectivity index (χ0n) is 15.3. The molecule has 0 bridgehead atoms. The molecule has 3 aromatic rings. The van der Waals surface area contributed by atoms with E-state index in [4.69, 9.17) is 26.2 Å². The quantitative estimate of drug-likeness (QED) is 0.525. The number of hydrazone groups is 1. The minimum atomic E-state index is -0.285. The van der Waals surface area contributed by atoms with E-state index in [-0.39, 0.29) is 12.3 Å². The number of hydrogen-bond donors (Lipinski definition) is 0. The van der Waals surface area contributed by atoms with Crippen LogP contribution in [0.3, 0.4) is 0 Å². The van der Waals surface area contributed by atoms with Crippen LogP contribution < -0.4 is 9.47 Å². The molecule has 0 fully saturated rings. The summed E-state index contributed by atoms with van der Waals surface area (Å²) in [7, 11) is 0. The number of ether oxygens (including phenoxy) is 2. The number of hydrogen-bond acceptors (Lipinski definition) is 5. The summed E-state index contributed by atoms with van der Waals surface area (Å²) in [5, 5.41) is 9.83. The van der Waals surface area contributed by atoms with E-state index in [2.05, 4.69) is 22.5 Å². The molecule has 1 aromatic heterocycles. The summed E-state index contributed by atoms with van der Waals surface area (Å²) >= 11 is 7.99. The maximum Gasteiger partial charge on any atom is 0.213 e. The lowest BCUT2D eigenvalue weighted by atomic mass is 9.97. The van der Waals surface area contributed by atoms with Crippen molar-refractivity contribution in [1.29, 1.82) is 0 Å². The van der Waals surface area contributed by atoms with Gasteiger partial charge >= 0.3 is 0 Å². The predicted molar refractivity (Wildman–Crippen MR) is 112 cm³/mol. The molecule has 0 saturated carbocycles. The molecule has 5 rings (SSSR count). The van der Waals surface area contributed by atoms with E-state index in [1.165, 1.54) is 4.88 Å². The van der Waals surface area contributed by atoms with Gasteiger partial charge in [-0.2, -0.15) is 5.10 Å². The largest absolute Gasteiger partial charge is 0.494 e. The minimum absolute atomic E-state index is 0.108. The van der Waals surface area contributed by atoms with Gasteiger partial charge in [-0.05, 0) is 60.8 Å². The molecule has 0 spiro atoms. The number of fused-ring (bicyclic) bond motifs is 3. The Morgan fingerprint density at radius 1 is 1.21 bits per heavy atom. The molecule has 0 aliphatic carbocycles. The molecular formula is C22H19ClN2O2S. The fraction of sp³-hybridized carbons (Fsp3) is 0.227. The molecule has 0 radical (unpaired) electrons. The summed E-state index contributed by atoms with van der Waals surface area (Å²) in [6.45, 7) is 2.63. The third-order valence-corrected chi connectivity index (χ3v) is 6.19. The van der Waals surface area contributed by atoms with Crippen LogP contribution in [-0.4, -0.2) is 17.3 Å². The molecule has 6 heteroatoms. The third kappa shape index (κ3) is 3.05. The van der Waals surface area contributed by atoms with Crippen molar-refractivity contribution < 1.29 is 9.47 Å². The van der Waals surface area contributed by atoms with Gasteiger partial charge in [0.25, 0.3) is 0 Å². The van der Waals surface area contributed by atoms with Gasteiger partial charge in [0.05, 0.1) is 23.2 Å². The number of benzene rings is 2. The van der Waals surface area contributed by atoms with Crippen molar-refractivity contribution in [3.05, 3.63) is 81.0 Å². The zero-order chi connectivity index (χ0) is 19.1. The molecule has 0 saturated heterocycles. The van der Waals surface area contributed by atoms with Gasteiger partial charge in [-0.25, -0.2) is 5.01 Å². The number of thiophene rings is 1. The van der Waals surface area contributed by atoms with Crippen molar-refractivity contribution in [1.82, 2.24) is 5.01 Å². The summed E-state index contributed by atoms with van der Waals surface area (Å²) in [5.41, 5.74) is 3.22. The number of rotatable bonds is 4. The summed E-state index contributed by atoms with van der Waals surface area (Å²) in [5.74, 6) is 1.72. The van der Waals surface area contributed by atoms with Crippen LogP contribution in [0, 0.1) is 0 Å². The average molecular weight is 411 g/mol. The first-order valence-corrected chi connectivity index (χ1v) is 10.6. The van der Waals surface area contributed by atoms with Gasteiger partial charge in [0.15, 0.2) is 0 Å². The van der Waals surface area contributed by atoms with Gasteiger partial charge in [-0.3, -0.25) is 0 Å². The highest BCUT2D eigenvalue weighted by molar-refractivity contribution is 7.12. The van der Waals surface area contributed by atoms with Crippen LogP contribution in [0.5, 0.6) is 11.5 Å². The molecule has 4 nitrogen and oxygen atoms in total. The SMILES string of the molecule is CCOc1ccc([C@H]2Oc3ccc(Cl)cc3[C@H]3CC(c4cccs4)=NN32)cc1. The summed E-state index contributed by atoms with van der Waals surface area (Å²) in [6, 6.07) is 18.2. The van der Waals surface area contributed by atoms with Crippen LogP contribution in [0.2, 0.25) is 5.02 Å². The Hall–Kier alpha value is -2.50. The third-order valence-electron chi connectivity index (χ3n) is 5.03. The average Bonchev–Trinajstić information content (AvgIpc) is 3.38. The first kappa shape index (κ1) is 17.6. The molecular weight excluding hydrogens is 392 g/mol. The highest BCUT2D eigenvalue weighted by atomic mass is 35.5. The lowest BCUT2D eigenvalue weighted by Gasteiger charge is -2.38. The lowest BCUT2D eigenvalue weighted by molar-refractivity contribution is -0.0190. The highest BCUT2D eigenvalue weighted by Gasteiger charge is 2.41. The fourth-order valence-electron chi connectivity index (χ4n) is 3.76. The van der Waals surface area contributed by atoms with Gasteiger partial charge in [0.1, 0.15) is 11.5 Å². The van der Waals surface area contributed by atoms with Gasteiger partial charge < -0.3 is 9.47 Å². The summed E-state index contributed by atoms with van der Waals surface area (Å²) < 4.78 is 12.0. The van der Waals surface area contributed by atoms with E-state index in [0.29, 0.717) is 11.6 Å². The molecule has 2 aliphatic rings. The zero-order valence-corrected chi connectivity index (χ0v) is 16.9. The molecule has 142 valence electrons. The molecule has 3 heterocycles. The second kappa shape index (κ2) is 7.15. The van der Waals surface area contributed by atoms with Crippen molar-refractivity contribution in [3.63, 3.8) is 0 Å². The van der Waals surface area contributed by atoms with E-state index in [9.17, 15) is 0 Å². The van der Waals surface area contributed by atoms with Crippen molar-refractivity contribution >= 4 is 28.6 Å². The van der Waals surface area contributed by atoms with Crippen molar-refractivity contribution in [2.45, 2.75) is 25.6 Å². The topological polar surface area (TPSA) is 34.1 Å². The van der Waals surface area contributed by atoms with Gasteiger partial charge in [-0.1, -0.05) is 17.7 Å². The van der Waals surface area contributed by atoms with E-state index < -0.39 is 0 Å². The van der Waals surface area contributed by atoms with E-state index in [1.807, 2.05) is 49.4 Å². The second-order valence-corrected chi connectivity index (χ2v) is 8.16. The summed E-state index contributed by atoms with van der Waals surface area (Å²) in [4.78, 5) is 1.20. The van der Waals surface area contributed by atoms with Crippen LogP contribution >= 0.6 is 22.9 Å². The van der Waals surface area contributed by atoms with Crippen LogP contribution in [0.25, 0.3) is 0 Å². The normalized spacial score (nSPS) is 20.2. The predicted octanol–water partition coefficient (Wildman–Crippen LogP) is 6.04. The summed E-state index contributed by atoms with van der Waals surface area (Å²) in [6.07, 6.45) is 0.553. The molecule has 2 atom stereocenters. The standard InChI is InChI=1S/C22H19ClN2O2S/c1-2-26-16-8-5-14(6-9-16)22-25-19(13-18(24-25)21-4-3-11-28-21)17-12-15(23)7-10-20(17)27-22/h3-12,19,22H,2,13H2,1H3/t19-,22-/m1/s1. The number of halogens is 1. The van der Waals surface area contributed by atoms with Crippen molar-refractivity contribution in [2.24, 2.45) is 5.10 Å².